The van der Waals surface area contributed by atoms with Gasteiger partial charge in [0.05, 0.1) is 4.92 Å². The molecule has 0 unspecified atom stereocenters. The molecule has 0 heterocycles. The Hall–Kier alpha value is -2.44. The molecule has 1 aromatic carbocycles. The van der Waals surface area contributed by atoms with Gasteiger partial charge in [0.15, 0.2) is 0 Å². The third kappa shape index (κ3) is 4.06. The summed E-state index contributed by atoms with van der Waals surface area (Å²) >= 11 is 0. The lowest BCUT2D eigenvalue weighted by Gasteiger charge is -2.16. The molecule has 0 bridgehead atoms. The number of nitro groups is 1. The quantitative estimate of drug-likeness (QED) is 0.621. The summed E-state index contributed by atoms with van der Waals surface area (Å²) in [6.45, 7) is 0.233. The molecule has 0 saturated heterocycles. The third-order valence-corrected chi connectivity index (χ3v) is 2.56. The molecule has 0 fully saturated rings. The molecule has 1 amide bonds. The Morgan fingerprint density at radius 1 is 1.37 bits per heavy atom. The first-order chi connectivity index (χ1) is 8.93. The van der Waals surface area contributed by atoms with Crippen molar-refractivity contribution in [1.82, 2.24) is 4.90 Å². The van der Waals surface area contributed by atoms with Crippen LogP contribution < -0.4 is 0 Å². The summed E-state index contributed by atoms with van der Waals surface area (Å²) in [6, 6.07) is 5.68. The number of carboxylic acid groups (broad SMARTS) is 1. The lowest BCUT2D eigenvalue weighted by molar-refractivity contribution is -0.385. The van der Waals surface area contributed by atoms with Gasteiger partial charge >= 0.3 is 5.97 Å². The van der Waals surface area contributed by atoms with E-state index < -0.39 is 16.8 Å². The maximum atomic E-state index is 12.0. The topological polar surface area (TPSA) is 101 Å². The molecule has 1 aromatic rings. The average molecular weight is 266 g/mol. The van der Waals surface area contributed by atoms with E-state index in [1.54, 1.807) is 6.07 Å². The van der Waals surface area contributed by atoms with Crippen LogP contribution in [-0.2, 0) is 4.79 Å². The number of rotatable bonds is 6. The van der Waals surface area contributed by atoms with Crippen molar-refractivity contribution in [3.8, 4) is 0 Å². The molecular formula is C12H14N2O5. The molecule has 0 aliphatic carbocycles. The minimum atomic E-state index is -0.938. The highest BCUT2D eigenvalue weighted by Gasteiger charge is 2.21. The fourth-order valence-corrected chi connectivity index (χ4v) is 1.59. The summed E-state index contributed by atoms with van der Waals surface area (Å²) in [6.07, 6.45) is 0.257. The maximum Gasteiger partial charge on any atom is 0.303 e. The smallest absolute Gasteiger partial charge is 0.303 e. The standard InChI is InChI=1S/C12H14N2O5/c1-13(8-4-7-11(15)16)12(17)9-5-2-3-6-10(9)14(18)19/h2-3,5-6H,4,7-8H2,1H3,(H,15,16). The number of amides is 1. The molecular weight excluding hydrogens is 252 g/mol. The lowest BCUT2D eigenvalue weighted by Crippen LogP contribution is -2.28. The predicted octanol–water partition coefficient (Wildman–Crippen LogP) is 1.53. The number of aliphatic carboxylic acids is 1. The maximum absolute atomic E-state index is 12.0. The van der Waals surface area contributed by atoms with Crippen LogP contribution in [0.4, 0.5) is 5.69 Å². The van der Waals surface area contributed by atoms with Crippen LogP contribution >= 0.6 is 0 Å². The second-order valence-corrected chi connectivity index (χ2v) is 4.00. The molecule has 102 valence electrons. The Morgan fingerprint density at radius 2 is 2.00 bits per heavy atom. The minimum Gasteiger partial charge on any atom is -0.481 e. The molecule has 7 nitrogen and oxygen atoms in total. The van der Waals surface area contributed by atoms with Crippen LogP contribution in [0, 0.1) is 10.1 Å². The fraction of sp³-hybridized carbons (Fsp3) is 0.333. The first-order valence-electron chi connectivity index (χ1n) is 5.64. The van der Waals surface area contributed by atoms with Crippen molar-refractivity contribution in [2.24, 2.45) is 0 Å². The number of carbonyl (C=O) groups is 2. The van der Waals surface area contributed by atoms with Gasteiger partial charge in [-0.25, -0.2) is 0 Å². The van der Waals surface area contributed by atoms with E-state index in [0.29, 0.717) is 6.42 Å². The van der Waals surface area contributed by atoms with Crippen molar-refractivity contribution < 1.29 is 19.6 Å². The number of hydrogen-bond acceptors (Lipinski definition) is 4. The highest BCUT2D eigenvalue weighted by molar-refractivity contribution is 5.97. The second kappa shape index (κ2) is 6.48. The average Bonchev–Trinajstić information content (AvgIpc) is 2.37. The number of carboxylic acids is 1. The van der Waals surface area contributed by atoms with Crippen LogP contribution in [0.3, 0.4) is 0 Å². The largest absolute Gasteiger partial charge is 0.481 e. The van der Waals surface area contributed by atoms with Crippen LogP contribution in [0.1, 0.15) is 23.2 Å². The van der Waals surface area contributed by atoms with Crippen molar-refractivity contribution in [2.75, 3.05) is 13.6 Å². The SMILES string of the molecule is CN(CCCC(=O)O)C(=O)c1ccccc1[N+](=O)[O-]. The number of benzene rings is 1. The fourth-order valence-electron chi connectivity index (χ4n) is 1.59. The van der Waals surface area contributed by atoms with E-state index in [0.717, 1.165) is 0 Å². The number of hydrogen-bond donors (Lipinski definition) is 1. The molecule has 0 radical (unpaired) electrons. The third-order valence-electron chi connectivity index (χ3n) is 2.56. The monoisotopic (exact) mass is 266 g/mol. The van der Waals surface area contributed by atoms with Gasteiger partial charge in [0.2, 0.25) is 0 Å². The van der Waals surface area contributed by atoms with E-state index >= 15 is 0 Å². The van der Waals surface area contributed by atoms with Gasteiger partial charge in [-0.05, 0) is 12.5 Å². The van der Waals surface area contributed by atoms with Crippen LogP contribution in [0.5, 0.6) is 0 Å². The summed E-state index contributed by atoms with van der Waals surface area (Å²) in [7, 11) is 1.49. The molecule has 0 spiro atoms. The zero-order chi connectivity index (χ0) is 14.4. The first-order valence-corrected chi connectivity index (χ1v) is 5.64. The molecule has 0 saturated carbocycles. The van der Waals surface area contributed by atoms with E-state index in [1.165, 1.54) is 30.1 Å². The van der Waals surface area contributed by atoms with Gasteiger partial charge in [-0.15, -0.1) is 0 Å². The zero-order valence-corrected chi connectivity index (χ0v) is 10.4. The van der Waals surface area contributed by atoms with Gasteiger partial charge in [0, 0.05) is 26.1 Å². The molecule has 19 heavy (non-hydrogen) atoms. The Morgan fingerprint density at radius 3 is 2.58 bits per heavy atom. The molecule has 7 heteroatoms. The van der Waals surface area contributed by atoms with Gasteiger partial charge in [-0.1, -0.05) is 12.1 Å². The Balaban J connectivity index is 2.77. The molecule has 0 atom stereocenters. The van der Waals surface area contributed by atoms with Crippen molar-refractivity contribution in [3.05, 3.63) is 39.9 Å². The molecule has 0 aromatic heterocycles. The zero-order valence-electron chi connectivity index (χ0n) is 10.4. The number of para-hydroxylation sites is 1. The number of nitro benzene ring substituents is 1. The van der Waals surface area contributed by atoms with Crippen LogP contribution in [0.2, 0.25) is 0 Å². The van der Waals surface area contributed by atoms with E-state index in [9.17, 15) is 19.7 Å². The van der Waals surface area contributed by atoms with Gasteiger partial charge in [-0.3, -0.25) is 19.7 Å². The molecule has 1 N–H and O–H groups in total. The minimum absolute atomic E-state index is 0.00493. The van der Waals surface area contributed by atoms with Gasteiger partial charge < -0.3 is 10.0 Å². The van der Waals surface area contributed by atoms with E-state index in [4.69, 9.17) is 5.11 Å². The van der Waals surface area contributed by atoms with Crippen LogP contribution in [-0.4, -0.2) is 40.4 Å². The molecule has 0 aliphatic heterocycles. The van der Waals surface area contributed by atoms with E-state index in [-0.39, 0.29) is 24.2 Å². The van der Waals surface area contributed by atoms with E-state index in [1.807, 2.05) is 0 Å². The summed E-state index contributed by atoms with van der Waals surface area (Å²) in [5.41, 5.74) is -0.247. The van der Waals surface area contributed by atoms with Gasteiger partial charge in [0.25, 0.3) is 11.6 Å². The number of carbonyl (C=O) groups excluding carboxylic acids is 1. The Kier molecular flexibility index (Phi) is 4.99. The van der Waals surface area contributed by atoms with Crippen LogP contribution in [0.25, 0.3) is 0 Å². The van der Waals surface area contributed by atoms with Crippen molar-refractivity contribution >= 4 is 17.6 Å². The second-order valence-electron chi connectivity index (χ2n) is 4.00. The van der Waals surface area contributed by atoms with Crippen molar-refractivity contribution in [3.63, 3.8) is 0 Å². The van der Waals surface area contributed by atoms with Crippen molar-refractivity contribution in [2.45, 2.75) is 12.8 Å². The summed E-state index contributed by atoms with van der Waals surface area (Å²) in [5.74, 6) is -1.43. The molecule has 1 rings (SSSR count). The highest BCUT2D eigenvalue weighted by atomic mass is 16.6. The first kappa shape index (κ1) is 14.6. The van der Waals surface area contributed by atoms with Gasteiger partial charge in [0.1, 0.15) is 5.56 Å². The summed E-state index contributed by atoms with van der Waals surface area (Å²) in [5, 5.41) is 19.3. The normalized spacial score (nSPS) is 9.95. The number of nitrogens with zero attached hydrogens (tertiary/aromatic N) is 2. The highest BCUT2D eigenvalue weighted by Crippen LogP contribution is 2.19. The summed E-state index contributed by atoms with van der Waals surface area (Å²) < 4.78 is 0. The Bertz CT molecular complexity index is 501. The van der Waals surface area contributed by atoms with E-state index in [2.05, 4.69) is 0 Å². The lowest BCUT2D eigenvalue weighted by atomic mass is 10.1. The van der Waals surface area contributed by atoms with Gasteiger partial charge in [-0.2, -0.15) is 0 Å². The van der Waals surface area contributed by atoms with Crippen LogP contribution in [0.15, 0.2) is 24.3 Å². The van der Waals surface area contributed by atoms with Crippen molar-refractivity contribution in [1.29, 1.82) is 0 Å². The molecule has 0 aliphatic rings. The summed E-state index contributed by atoms with van der Waals surface area (Å²) in [4.78, 5) is 33.9. The predicted molar refractivity (Wildman–Crippen MR) is 66.9 cm³/mol. The Labute approximate surface area is 109 Å².